The van der Waals surface area contributed by atoms with Gasteiger partial charge < -0.3 is 5.11 Å². The first-order valence-electron chi connectivity index (χ1n) is 5.59. The van der Waals surface area contributed by atoms with Gasteiger partial charge in [0.15, 0.2) is 0 Å². The van der Waals surface area contributed by atoms with Crippen LogP contribution in [-0.4, -0.2) is 37.0 Å². The Hall–Kier alpha value is 0.150. The van der Waals surface area contributed by atoms with Crippen LogP contribution in [0.5, 0.6) is 0 Å². The molecule has 1 fully saturated rings. The molecule has 1 aromatic rings. The van der Waals surface area contributed by atoms with Gasteiger partial charge in [0, 0.05) is 29.0 Å². The summed E-state index contributed by atoms with van der Waals surface area (Å²) in [6.07, 6.45) is -0.174. The van der Waals surface area contributed by atoms with Gasteiger partial charge in [-0.25, -0.2) is 8.42 Å². The molecule has 106 valence electrons. The van der Waals surface area contributed by atoms with Crippen LogP contribution in [0.15, 0.2) is 17.0 Å². The summed E-state index contributed by atoms with van der Waals surface area (Å²) in [7, 11) is -3.69. The normalized spacial score (nSPS) is 20.9. The average Bonchev–Trinajstić information content (AvgIpc) is 2.77. The van der Waals surface area contributed by atoms with Gasteiger partial charge >= 0.3 is 0 Å². The molecule has 0 spiro atoms. The molecule has 4 nitrogen and oxygen atoms in total. The molecule has 1 aliphatic heterocycles. The molecular formula is C11H12BrCl2NO3S. The predicted molar refractivity (Wildman–Crippen MR) is 78.5 cm³/mol. The fourth-order valence-electron chi connectivity index (χ4n) is 1.97. The first-order chi connectivity index (χ1) is 8.87. The van der Waals surface area contributed by atoms with Crippen molar-refractivity contribution in [1.82, 2.24) is 4.31 Å². The van der Waals surface area contributed by atoms with Crippen LogP contribution in [0, 0.1) is 0 Å². The molecule has 0 aromatic heterocycles. The maximum Gasteiger partial charge on any atom is 0.244 e. The molecule has 0 amide bonds. The number of nitrogens with zero attached hydrogens (tertiary/aromatic N) is 1. The van der Waals surface area contributed by atoms with Crippen LogP contribution in [-0.2, 0) is 15.4 Å². The lowest BCUT2D eigenvalue weighted by molar-refractivity contribution is 0.189. The first kappa shape index (κ1) is 15.5. The fourth-order valence-corrected chi connectivity index (χ4v) is 5.25. The van der Waals surface area contributed by atoms with Crippen LogP contribution in [0.2, 0.25) is 10.0 Å². The molecule has 0 bridgehead atoms. The van der Waals surface area contributed by atoms with Crippen molar-refractivity contribution in [3.05, 3.63) is 27.7 Å². The summed E-state index contributed by atoms with van der Waals surface area (Å²) in [5, 5.41) is 10.4. The monoisotopic (exact) mass is 387 g/mol. The van der Waals surface area contributed by atoms with E-state index < -0.39 is 16.1 Å². The zero-order valence-corrected chi connectivity index (χ0v) is 13.7. The quantitative estimate of drug-likeness (QED) is 0.809. The lowest BCUT2D eigenvalue weighted by Crippen LogP contribution is -2.30. The zero-order chi connectivity index (χ0) is 14.2. The molecule has 19 heavy (non-hydrogen) atoms. The van der Waals surface area contributed by atoms with Crippen LogP contribution < -0.4 is 0 Å². The number of sulfonamides is 1. The third-order valence-electron chi connectivity index (χ3n) is 3.03. The molecule has 1 N–H and O–H groups in total. The maximum absolute atomic E-state index is 12.5. The Morgan fingerprint density at radius 3 is 2.63 bits per heavy atom. The van der Waals surface area contributed by atoms with E-state index in [0.29, 0.717) is 28.9 Å². The van der Waals surface area contributed by atoms with Crippen LogP contribution in [0.1, 0.15) is 12.0 Å². The lowest BCUT2D eigenvalue weighted by atomic mass is 10.2. The second-order valence-electron chi connectivity index (χ2n) is 4.28. The van der Waals surface area contributed by atoms with E-state index >= 15 is 0 Å². The van der Waals surface area contributed by atoms with Gasteiger partial charge in [0.1, 0.15) is 4.90 Å². The highest BCUT2D eigenvalue weighted by Crippen LogP contribution is 2.34. The van der Waals surface area contributed by atoms with Crippen molar-refractivity contribution in [3.8, 4) is 0 Å². The second-order valence-corrected chi connectivity index (χ2v) is 7.53. The van der Waals surface area contributed by atoms with Gasteiger partial charge in [-0.3, -0.25) is 0 Å². The van der Waals surface area contributed by atoms with E-state index in [1.807, 2.05) is 0 Å². The van der Waals surface area contributed by atoms with Gasteiger partial charge in [0.2, 0.25) is 10.0 Å². The van der Waals surface area contributed by atoms with Gasteiger partial charge in [-0.1, -0.05) is 39.1 Å². The van der Waals surface area contributed by atoms with E-state index in [2.05, 4.69) is 15.9 Å². The summed E-state index contributed by atoms with van der Waals surface area (Å²) in [5.74, 6) is 0. The summed E-state index contributed by atoms with van der Waals surface area (Å²) in [5.41, 5.74) is 0.546. The van der Waals surface area contributed by atoms with Gasteiger partial charge in [0.05, 0.1) is 11.1 Å². The zero-order valence-electron chi connectivity index (χ0n) is 9.81. The van der Waals surface area contributed by atoms with E-state index in [1.165, 1.54) is 16.4 Å². The van der Waals surface area contributed by atoms with Crippen molar-refractivity contribution in [3.63, 3.8) is 0 Å². The van der Waals surface area contributed by atoms with E-state index in [9.17, 15) is 13.5 Å². The topological polar surface area (TPSA) is 57.6 Å². The Bertz CT molecular complexity index is 594. The standard InChI is InChI=1S/C11H12BrCl2NO3S/c12-5-8-9(13)1-2-10(11(8)14)19(17,18)15-4-3-7(16)6-15/h1-2,7,16H,3-6H2. The number of rotatable bonds is 3. The van der Waals surface area contributed by atoms with Crippen LogP contribution in [0.4, 0.5) is 0 Å². The number of alkyl halides is 1. The van der Waals surface area contributed by atoms with Crippen molar-refractivity contribution in [2.75, 3.05) is 13.1 Å². The maximum atomic E-state index is 12.5. The number of halogens is 3. The largest absolute Gasteiger partial charge is 0.392 e. The Balaban J connectivity index is 2.47. The highest BCUT2D eigenvalue weighted by Gasteiger charge is 2.33. The number of hydrogen-bond donors (Lipinski definition) is 1. The van der Waals surface area contributed by atoms with Gasteiger partial charge in [0.25, 0.3) is 0 Å². The SMILES string of the molecule is O=S(=O)(c1ccc(Cl)c(CBr)c1Cl)N1CCC(O)C1. The number of hydrogen-bond acceptors (Lipinski definition) is 3. The average molecular weight is 389 g/mol. The Morgan fingerprint density at radius 1 is 1.42 bits per heavy atom. The Labute approximate surface area is 130 Å². The minimum atomic E-state index is -3.69. The van der Waals surface area contributed by atoms with E-state index in [0.717, 1.165) is 0 Å². The molecule has 1 aromatic carbocycles. The minimum absolute atomic E-state index is 0.0297. The van der Waals surface area contributed by atoms with Crippen LogP contribution in [0.25, 0.3) is 0 Å². The summed E-state index contributed by atoms with van der Waals surface area (Å²) < 4.78 is 26.1. The summed E-state index contributed by atoms with van der Waals surface area (Å²) >= 11 is 15.3. The van der Waals surface area contributed by atoms with E-state index in [1.54, 1.807) is 0 Å². The van der Waals surface area contributed by atoms with Gasteiger partial charge in [-0.05, 0) is 18.6 Å². The Kier molecular flexibility index (Phi) is 4.80. The lowest BCUT2D eigenvalue weighted by Gasteiger charge is -2.18. The number of aliphatic hydroxyl groups excluding tert-OH is 1. The second kappa shape index (κ2) is 5.87. The molecule has 0 radical (unpaired) electrons. The molecule has 1 atom stereocenters. The molecule has 1 heterocycles. The molecule has 0 saturated carbocycles. The summed E-state index contributed by atoms with van der Waals surface area (Å²) in [4.78, 5) is 0.0297. The predicted octanol–water partition coefficient (Wildman–Crippen LogP) is 2.64. The van der Waals surface area contributed by atoms with Crippen molar-refractivity contribution in [2.45, 2.75) is 22.8 Å². The van der Waals surface area contributed by atoms with E-state index in [-0.39, 0.29) is 16.5 Å². The first-order valence-corrected chi connectivity index (χ1v) is 8.90. The van der Waals surface area contributed by atoms with Gasteiger partial charge in [-0.2, -0.15) is 4.31 Å². The molecule has 0 aliphatic carbocycles. The van der Waals surface area contributed by atoms with Crippen molar-refractivity contribution in [1.29, 1.82) is 0 Å². The number of benzene rings is 1. The number of aliphatic hydroxyl groups is 1. The summed E-state index contributed by atoms with van der Waals surface area (Å²) in [6, 6.07) is 2.92. The molecule has 1 unspecified atom stereocenters. The third kappa shape index (κ3) is 2.94. The van der Waals surface area contributed by atoms with Gasteiger partial charge in [-0.15, -0.1) is 0 Å². The number of β-amino-alcohol motifs (C(OH)–C–C–N with tert-alkyl or cyclic N) is 1. The highest BCUT2D eigenvalue weighted by molar-refractivity contribution is 9.08. The van der Waals surface area contributed by atoms with Crippen molar-refractivity contribution < 1.29 is 13.5 Å². The molecule has 1 saturated heterocycles. The highest BCUT2D eigenvalue weighted by atomic mass is 79.9. The van der Waals surface area contributed by atoms with Crippen LogP contribution >= 0.6 is 39.1 Å². The van der Waals surface area contributed by atoms with Crippen molar-refractivity contribution >= 4 is 49.2 Å². The Morgan fingerprint density at radius 2 is 2.11 bits per heavy atom. The van der Waals surface area contributed by atoms with Crippen LogP contribution in [0.3, 0.4) is 0 Å². The molecule has 1 aliphatic rings. The molecule has 2 rings (SSSR count). The fraction of sp³-hybridized carbons (Fsp3) is 0.455. The minimum Gasteiger partial charge on any atom is -0.392 e. The smallest absolute Gasteiger partial charge is 0.244 e. The van der Waals surface area contributed by atoms with Crippen molar-refractivity contribution in [2.24, 2.45) is 0 Å². The van der Waals surface area contributed by atoms with E-state index in [4.69, 9.17) is 23.2 Å². The third-order valence-corrected chi connectivity index (χ3v) is 6.39. The summed E-state index contributed by atoms with van der Waals surface area (Å²) in [6.45, 7) is 0.400. The molecular weight excluding hydrogens is 377 g/mol. The molecule has 8 heteroatoms.